The zero-order chi connectivity index (χ0) is 22.1. The van der Waals surface area contributed by atoms with Gasteiger partial charge in [0.05, 0.1) is 29.0 Å². The number of esters is 1. The first-order valence-electron chi connectivity index (χ1n) is 10.8. The van der Waals surface area contributed by atoms with Gasteiger partial charge >= 0.3 is 5.97 Å². The van der Waals surface area contributed by atoms with E-state index in [9.17, 15) is 14.7 Å². The molecule has 1 aliphatic carbocycles. The average Bonchev–Trinajstić information content (AvgIpc) is 3.19. The topological polar surface area (TPSA) is 93.5 Å². The van der Waals surface area contributed by atoms with Crippen LogP contribution in [0.1, 0.15) is 45.9 Å². The van der Waals surface area contributed by atoms with Crippen molar-refractivity contribution < 1.29 is 14.6 Å². The molecule has 3 aliphatic rings. The molecule has 0 unspecified atom stereocenters. The second kappa shape index (κ2) is 6.68. The van der Waals surface area contributed by atoms with Crippen molar-refractivity contribution in [3.63, 3.8) is 0 Å². The molecular formula is C25H21N3O4. The number of cyclic esters (lactones) is 1. The van der Waals surface area contributed by atoms with Gasteiger partial charge in [0.1, 0.15) is 6.61 Å². The number of rotatable bonds is 2. The van der Waals surface area contributed by atoms with E-state index < -0.39 is 12.1 Å². The number of hydrogen-bond donors (Lipinski definition) is 2. The SMILES string of the molecule is C#CCc1c2c(c(=O)n3c1-c1nc4ccc(NC)c5c4c(c1C3)CCC5)COC(=O)[C@H]2O. The normalized spacial score (nSPS) is 17.9. The predicted molar refractivity (Wildman–Crippen MR) is 119 cm³/mol. The summed E-state index contributed by atoms with van der Waals surface area (Å²) in [6.45, 7) is 0.246. The molecule has 0 spiro atoms. The Morgan fingerprint density at radius 1 is 1.25 bits per heavy atom. The highest BCUT2D eigenvalue weighted by Gasteiger charge is 2.38. The third kappa shape index (κ3) is 2.33. The number of terminal acetylenes is 1. The van der Waals surface area contributed by atoms with E-state index in [-0.39, 0.29) is 18.6 Å². The monoisotopic (exact) mass is 427 g/mol. The maximum absolute atomic E-state index is 13.4. The third-order valence-electron chi connectivity index (χ3n) is 6.98. The minimum absolute atomic E-state index is 0.157. The van der Waals surface area contributed by atoms with Crippen LogP contribution in [0.5, 0.6) is 0 Å². The molecule has 0 saturated carbocycles. The highest BCUT2D eigenvalue weighted by molar-refractivity contribution is 5.95. The molecule has 3 aromatic rings. The van der Waals surface area contributed by atoms with E-state index in [0.29, 0.717) is 28.9 Å². The van der Waals surface area contributed by atoms with Gasteiger partial charge in [-0.05, 0) is 48.1 Å². The van der Waals surface area contributed by atoms with Crippen LogP contribution in [0.4, 0.5) is 5.69 Å². The molecule has 160 valence electrons. The second-order valence-corrected chi connectivity index (χ2v) is 8.51. The summed E-state index contributed by atoms with van der Waals surface area (Å²) in [6, 6.07) is 4.05. The van der Waals surface area contributed by atoms with Gasteiger partial charge in [-0.2, -0.15) is 0 Å². The van der Waals surface area contributed by atoms with Gasteiger partial charge in [-0.25, -0.2) is 9.78 Å². The molecule has 2 aromatic heterocycles. The minimum Gasteiger partial charge on any atom is -0.458 e. The van der Waals surface area contributed by atoms with Crippen molar-refractivity contribution in [3.05, 3.63) is 55.9 Å². The molecule has 2 aliphatic heterocycles. The number of fused-ring (bicyclic) bond motifs is 5. The Bertz CT molecular complexity index is 1460. The first-order valence-corrected chi connectivity index (χ1v) is 10.8. The summed E-state index contributed by atoms with van der Waals surface area (Å²) in [4.78, 5) is 30.5. The van der Waals surface area contributed by atoms with E-state index >= 15 is 0 Å². The first-order chi connectivity index (χ1) is 15.5. The van der Waals surface area contributed by atoms with Crippen molar-refractivity contribution in [2.24, 2.45) is 0 Å². The van der Waals surface area contributed by atoms with Crippen LogP contribution in [-0.4, -0.2) is 27.7 Å². The van der Waals surface area contributed by atoms with Crippen molar-refractivity contribution in [1.82, 2.24) is 9.55 Å². The van der Waals surface area contributed by atoms with Crippen LogP contribution in [0.3, 0.4) is 0 Å². The van der Waals surface area contributed by atoms with E-state index in [2.05, 4.69) is 11.2 Å². The van der Waals surface area contributed by atoms with Gasteiger partial charge in [0.2, 0.25) is 0 Å². The lowest BCUT2D eigenvalue weighted by molar-refractivity contribution is -0.157. The van der Waals surface area contributed by atoms with Gasteiger partial charge in [0, 0.05) is 35.7 Å². The number of pyridine rings is 2. The van der Waals surface area contributed by atoms with Crippen molar-refractivity contribution in [1.29, 1.82) is 0 Å². The summed E-state index contributed by atoms with van der Waals surface area (Å²) in [5, 5.41) is 15.1. The Kier molecular flexibility index (Phi) is 3.99. The Labute approximate surface area is 184 Å². The number of benzene rings is 1. The van der Waals surface area contributed by atoms with Crippen LogP contribution in [0.15, 0.2) is 16.9 Å². The van der Waals surface area contributed by atoms with E-state index in [4.69, 9.17) is 16.1 Å². The van der Waals surface area contributed by atoms with Gasteiger partial charge < -0.3 is 19.7 Å². The van der Waals surface area contributed by atoms with E-state index in [1.807, 2.05) is 19.2 Å². The smallest absolute Gasteiger partial charge is 0.340 e. The van der Waals surface area contributed by atoms with Crippen LogP contribution in [0.25, 0.3) is 22.3 Å². The molecule has 6 rings (SSSR count). The largest absolute Gasteiger partial charge is 0.458 e. The summed E-state index contributed by atoms with van der Waals surface area (Å²) >= 11 is 0. The van der Waals surface area contributed by atoms with Crippen LogP contribution < -0.4 is 10.9 Å². The molecule has 1 atom stereocenters. The second-order valence-electron chi connectivity index (χ2n) is 8.51. The van der Waals surface area contributed by atoms with Crippen LogP contribution in [0, 0.1) is 12.3 Å². The number of aliphatic hydroxyl groups is 1. The van der Waals surface area contributed by atoms with E-state index in [1.54, 1.807) is 4.57 Å². The Balaban J connectivity index is 1.72. The number of carbonyl (C=O) groups is 1. The van der Waals surface area contributed by atoms with Gasteiger partial charge in [-0.15, -0.1) is 12.3 Å². The number of aliphatic hydroxyl groups excluding tert-OH is 1. The Hall–Kier alpha value is -3.63. The lowest BCUT2D eigenvalue weighted by atomic mass is 9.85. The molecule has 0 amide bonds. The van der Waals surface area contributed by atoms with Gasteiger partial charge in [-0.1, -0.05) is 0 Å². The standard InChI is InChI=1S/C25H21N3O4/c1-3-5-14-20-16(11-32-25(31)23(20)29)24(30)28-10-15-12-6-4-7-13-17(26-2)8-9-18(19(12)13)27-21(15)22(14)28/h1,8-9,23,26,29H,4-7,10-11H2,2H3/t23-/m0/s1. The summed E-state index contributed by atoms with van der Waals surface area (Å²) in [6.07, 6.45) is 7.25. The molecule has 7 heteroatoms. The molecule has 0 bridgehead atoms. The molecule has 7 nitrogen and oxygen atoms in total. The number of anilines is 1. The quantitative estimate of drug-likeness (QED) is 0.376. The maximum Gasteiger partial charge on any atom is 0.340 e. The number of nitrogens with zero attached hydrogens (tertiary/aromatic N) is 2. The third-order valence-corrected chi connectivity index (χ3v) is 6.98. The molecular weight excluding hydrogens is 406 g/mol. The first kappa shape index (κ1) is 19.1. The molecule has 0 radical (unpaired) electrons. The van der Waals surface area contributed by atoms with Gasteiger partial charge in [-0.3, -0.25) is 4.79 Å². The summed E-state index contributed by atoms with van der Waals surface area (Å²) in [5.41, 5.74) is 7.83. The number of aromatic nitrogens is 2. The lowest BCUT2D eigenvalue weighted by Crippen LogP contribution is -2.34. The van der Waals surface area contributed by atoms with Crippen LogP contribution in [0.2, 0.25) is 0 Å². The number of ether oxygens (including phenoxy) is 1. The number of nitrogens with one attached hydrogen (secondary N) is 1. The fourth-order valence-corrected chi connectivity index (χ4v) is 5.65. The number of aryl methyl sites for hydroxylation is 2. The fraction of sp³-hybridized carbons (Fsp3) is 0.320. The highest BCUT2D eigenvalue weighted by Crippen LogP contribution is 2.44. The molecule has 1 aromatic carbocycles. The van der Waals surface area contributed by atoms with Gasteiger partial charge in [0.25, 0.3) is 5.56 Å². The van der Waals surface area contributed by atoms with Gasteiger partial charge in [0.15, 0.2) is 6.10 Å². The van der Waals surface area contributed by atoms with Crippen molar-refractivity contribution >= 4 is 22.6 Å². The summed E-state index contributed by atoms with van der Waals surface area (Å²) < 4.78 is 6.74. The maximum atomic E-state index is 13.4. The highest BCUT2D eigenvalue weighted by atomic mass is 16.5. The lowest BCUT2D eigenvalue weighted by Gasteiger charge is -2.25. The minimum atomic E-state index is -1.52. The van der Waals surface area contributed by atoms with Crippen LogP contribution >= 0.6 is 0 Å². The molecule has 0 saturated heterocycles. The fourth-order valence-electron chi connectivity index (χ4n) is 5.65. The molecule has 32 heavy (non-hydrogen) atoms. The Morgan fingerprint density at radius 2 is 2.06 bits per heavy atom. The number of hydrogen-bond acceptors (Lipinski definition) is 6. The van der Waals surface area contributed by atoms with Crippen molar-refractivity contribution in [2.75, 3.05) is 12.4 Å². The molecule has 2 N–H and O–H groups in total. The summed E-state index contributed by atoms with van der Waals surface area (Å²) in [5.74, 6) is 1.88. The number of carbonyl (C=O) groups excluding carboxylic acids is 1. The molecule has 0 fully saturated rings. The zero-order valence-electron chi connectivity index (χ0n) is 17.6. The van der Waals surface area contributed by atoms with Crippen molar-refractivity contribution in [3.8, 4) is 23.7 Å². The molecule has 4 heterocycles. The van der Waals surface area contributed by atoms with E-state index in [0.717, 1.165) is 41.7 Å². The van der Waals surface area contributed by atoms with Crippen LogP contribution in [-0.2, 0) is 41.9 Å². The Morgan fingerprint density at radius 3 is 2.84 bits per heavy atom. The zero-order valence-corrected chi connectivity index (χ0v) is 17.6. The van der Waals surface area contributed by atoms with Crippen molar-refractivity contribution in [2.45, 2.75) is 44.9 Å². The summed E-state index contributed by atoms with van der Waals surface area (Å²) in [7, 11) is 1.92. The predicted octanol–water partition coefficient (Wildman–Crippen LogP) is 2.22. The van der Waals surface area contributed by atoms with E-state index in [1.165, 1.54) is 16.5 Å². The average molecular weight is 427 g/mol.